The number of benzene rings is 2. The fraction of sp³-hybridized carbons (Fsp3) is 0.364. The first kappa shape index (κ1) is 19.2. The van der Waals surface area contributed by atoms with Crippen molar-refractivity contribution in [3.8, 4) is 11.1 Å². The number of nitrogens with zero attached hydrogens (tertiary/aromatic N) is 1. The van der Waals surface area contributed by atoms with Crippen molar-refractivity contribution in [2.75, 3.05) is 26.8 Å². The fourth-order valence-electron chi connectivity index (χ4n) is 3.52. The molecule has 1 unspecified atom stereocenters. The molecule has 1 amide bonds. The summed E-state index contributed by atoms with van der Waals surface area (Å²) < 4.78 is 19.5. The topological polar surface area (TPSA) is 46.6 Å². The van der Waals surface area contributed by atoms with Gasteiger partial charge in [-0.25, -0.2) is 4.39 Å². The number of Topliss-reactive ketones (excluding diaryl/α,β-unsaturated/α-hetero) is 1. The van der Waals surface area contributed by atoms with Gasteiger partial charge in [0, 0.05) is 37.2 Å². The van der Waals surface area contributed by atoms with Gasteiger partial charge in [-0.15, -0.1) is 0 Å². The number of carbonyl (C=O) groups excluding carboxylic acids is 2. The predicted molar refractivity (Wildman–Crippen MR) is 102 cm³/mol. The molecule has 1 fully saturated rings. The molecule has 0 aliphatic carbocycles. The van der Waals surface area contributed by atoms with Crippen molar-refractivity contribution in [2.45, 2.75) is 19.3 Å². The van der Waals surface area contributed by atoms with Gasteiger partial charge in [-0.2, -0.15) is 0 Å². The molecule has 2 aromatic rings. The smallest absolute Gasteiger partial charge is 0.224 e. The number of carbonyl (C=O) groups is 2. The molecule has 1 saturated heterocycles. The van der Waals surface area contributed by atoms with Crippen LogP contribution in [0.15, 0.2) is 48.5 Å². The van der Waals surface area contributed by atoms with Gasteiger partial charge in [0.25, 0.3) is 0 Å². The number of ether oxygens (including phenoxy) is 1. The van der Waals surface area contributed by atoms with Gasteiger partial charge in [0.05, 0.1) is 13.0 Å². The normalized spacial score (nSPS) is 17.0. The maximum absolute atomic E-state index is 14.6. The van der Waals surface area contributed by atoms with E-state index in [2.05, 4.69) is 0 Å². The summed E-state index contributed by atoms with van der Waals surface area (Å²) in [5.41, 5.74) is 1.62. The van der Waals surface area contributed by atoms with Crippen LogP contribution in [0.4, 0.5) is 4.39 Å². The Morgan fingerprint density at radius 3 is 2.67 bits per heavy atom. The highest BCUT2D eigenvalue weighted by Crippen LogP contribution is 2.26. The lowest BCUT2D eigenvalue weighted by molar-refractivity contribution is -0.133. The van der Waals surface area contributed by atoms with E-state index in [9.17, 15) is 14.0 Å². The van der Waals surface area contributed by atoms with Crippen molar-refractivity contribution in [1.82, 2.24) is 4.90 Å². The van der Waals surface area contributed by atoms with Crippen LogP contribution in [0.3, 0.4) is 0 Å². The fourth-order valence-corrected chi connectivity index (χ4v) is 3.52. The molecule has 0 radical (unpaired) electrons. The third-order valence-corrected chi connectivity index (χ3v) is 5.00. The lowest BCUT2D eigenvalue weighted by Crippen LogP contribution is -2.42. The van der Waals surface area contributed by atoms with Gasteiger partial charge in [0.2, 0.25) is 5.91 Å². The van der Waals surface area contributed by atoms with E-state index in [1.165, 1.54) is 6.07 Å². The van der Waals surface area contributed by atoms with E-state index in [1.807, 2.05) is 30.3 Å². The standard InChI is InChI=1S/C22H24FNO3/c1-27-13-11-21(25)24-12-5-8-18(15-24)22(26)17-9-10-19(20(23)14-17)16-6-3-2-4-7-16/h2-4,6-7,9-10,14,18H,5,8,11-13,15H2,1H3. The molecule has 142 valence electrons. The number of halogens is 1. The Balaban J connectivity index is 1.72. The highest BCUT2D eigenvalue weighted by molar-refractivity contribution is 5.98. The summed E-state index contributed by atoms with van der Waals surface area (Å²) in [5, 5.41) is 0. The van der Waals surface area contributed by atoms with Gasteiger partial charge in [-0.05, 0) is 24.5 Å². The van der Waals surface area contributed by atoms with Gasteiger partial charge in [-0.3, -0.25) is 9.59 Å². The first-order valence-corrected chi connectivity index (χ1v) is 9.26. The van der Waals surface area contributed by atoms with Crippen LogP contribution in [-0.4, -0.2) is 43.4 Å². The minimum absolute atomic E-state index is 0.0000407. The van der Waals surface area contributed by atoms with Crippen molar-refractivity contribution in [3.05, 3.63) is 59.9 Å². The average molecular weight is 369 g/mol. The molecular weight excluding hydrogens is 345 g/mol. The predicted octanol–water partition coefficient (Wildman–Crippen LogP) is 3.95. The van der Waals surface area contributed by atoms with E-state index in [0.29, 0.717) is 37.2 Å². The molecule has 27 heavy (non-hydrogen) atoms. The van der Waals surface area contributed by atoms with Crippen LogP contribution in [0.25, 0.3) is 11.1 Å². The second-order valence-electron chi connectivity index (χ2n) is 6.85. The van der Waals surface area contributed by atoms with Crippen molar-refractivity contribution in [1.29, 1.82) is 0 Å². The molecule has 0 aromatic heterocycles. The Hall–Kier alpha value is -2.53. The zero-order valence-electron chi connectivity index (χ0n) is 15.5. The summed E-state index contributed by atoms with van der Waals surface area (Å²) in [6.07, 6.45) is 1.81. The highest BCUT2D eigenvalue weighted by atomic mass is 19.1. The van der Waals surface area contributed by atoms with Crippen molar-refractivity contribution in [2.24, 2.45) is 5.92 Å². The molecule has 1 heterocycles. The lowest BCUT2D eigenvalue weighted by Gasteiger charge is -2.32. The third kappa shape index (κ3) is 4.61. The molecule has 1 aliphatic rings. The number of hydrogen-bond acceptors (Lipinski definition) is 3. The number of likely N-dealkylation sites (tertiary alicyclic amines) is 1. The maximum Gasteiger partial charge on any atom is 0.224 e. The SMILES string of the molecule is COCCC(=O)N1CCCC(C(=O)c2ccc(-c3ccccc3)c(F)c2)C1. The van der Waals surface area contributed by atoms with Gasteiger partial charge in [-0.1, -0.05) is 42.5 Å². The van der Waals surface area contributed by atoms with Gasteiger partial charge in [0.1, 0.15) is 5.82 Å². The zero-order chi connectivity index (χ0) is 19.2. The van der Waals surface area contributed by atoms with Gasteiger partial charge < -0.3 is 9.64 Å². The highest BCUT2D eigenvalue weighted by Gasteiger charge is 2.29. The molecule has 2 aromatic carbocycles. The molecule has 5 heteroatoms. The maximum atomic E-state index is 14.6. The van der Waals surface area contributed by atoms with Crippen LogP contribution in [0, 0.1) is 11.7 Å². The minimum Gasteiger partial charge on any atom is -0.384 e. The first-order chi connectivity index (χ1) is 13.1. The number of amides is 1. The summed E-state index contributed by atoms with van der Waals surface area (Å²) in [6, 6.07) is 13.9. The van der Waals surface area contributed by atoms with Crippen LogP contribution in [-0.2, 0) is 9.53 Å². The summed E-state index contributed by atoms with van der Waals surface area (Å²) in [6.45, 7) is 1.43. The molecule has 3 rings (SSSR count). The monoisotopic (exact) mass is 369 g/mol. The van der Waals surface area contributed by atoms with Crippen LogP contribution in [0.1, 0.15) is 29.6 Å². The molecule has 1 aliphatic heterocycles. The molecular formula is C22H24FNO3. The van der Waals surface area contributed by atoms with E-state index in [0.717, 1.165) is 18.4 Å². The van der Waals surface area contributed by atoms with Crippen LogP contribution < -0.4 is 0 Å². The number of methoxy groups -OCH3 is 1. The largest absolute Gasteiger partial charge is 0.384 e. The summed E-state index contributed by atoms with van der Waals surface area (Å²) >= 11 is 0. The molecule has 1 atom stereocenters. The third-order valence-electron chi connectivity index (χ3n) is 5.00. The van der Waals surface area contributed by atoms with Crippen molar-refractivity contribution < 1.29 is 18.7 Å². The molecule has 0 saturated carbocycles. The van der Waals surface area contributed by atoms with Gasteiger partial charge in [0.15, 0.2) is 5.78 Å². The summed E-state index contributed by atoms with van der Waals surface area (Å²) in [4.78, 5) is 26.8. The summed E-state index contributed by atoms with van der Waals surface area (Å²) in [5.74, 6) is -0.791. The Kier molecular flexibility index (Phi) is 6.35. The Bertz CT molecular complexity index is 806. The molecule has 0 bridgehead atoms. The number of ketones is 1. The first-order valence-electron chi connectivity index (χ1n) is 9.26. The van der Waals surface area contributed by atoms with E-state index in [-0.39, 0.29) is 17.6 Å². The second kappa shape index (κ2) is 8.91. The Morgan fingerprint density at radius 2 is 1.96 bits per heavy atom. The van der Waals surface area contributed by atoms with E-state index in [1.54, 1.807) is 24.1 Å². The molecule has 4 nitrogen and oxygen atoms in total. The zero-order valence-corrected chi connectivity index (χ0v) is 15.5. The minimum atomic E-state index is -0.407. The molecule has 0 spiro atoms. The second-order valence-corrected chi connectivity index (χ2v) is 6.85. The quantitative estimate of drug-likeness (QED) is 0.725. The Labute approximate surface area is 158 Å². The molecule has 0 N–H and O–H groups in total. The van der Waals surface area contributed by atoms with E-state index < -0.39 is 5.82 Å². The number of rotatable bonds is 6. The average Bonchev–Trinajstić information content (AvgIpc) is 2.72. The Morgan fingerprint density at radius 1 is 1.19 bits per heavy atom. The van der Waals surface area contributed by atoms with Gasteiger partial charge >= 0.3 is 0 Å². The lowest BCUT2D eigenvalue weighted by atomic mass is 9.89. The number of hydrogen-bond donors (Lipinski definition) is 0. The van der Waals surface area contributed by atoms with Crippen molar-refractivity contribution in [3.63, 3.8) is 0 Å². The van der Waals surface area contributed by atoms with E-state index >= 15 is 0 Å². The van der Waals surface area contributed by atoms with E-state index in [4.69, 9.17) is 4.74 Å². The van der Waals surface area contributed by atoms with Crippen LogP contribution in [0.2, 0.25) is 0 Å². The number of piperidine rings is 1. The van der Waals surface area contributed by atoms with Crippen molar-refractivity contribution >= 4 is 11.7 Å². The summed E-state index contributed by atoms with van der Waals surface area (Å²) in [7, 11) is 1.56. The van der Waals surface area contributed by atoms with Crippen LogP contribution in [0.5, 0.6) is 0 Å². The van der Waals surface area contributed by atoms with Crippen LogP contribution >= 0.6 is 0 Å².